The highest BCUT2D eigenvalue weighted by Crippen LogP contribution is 2.39. The molecule has 0 bridgehead atoms. The maximum Gasteiger partial charge on any atom is 0.295 e. The lowest BCUT2D eigenvalue weighted by molar-refractivity contribution is -0.140. The first kappa shape index (κ1) is 19.6. The van der Waals surface area contributed by atoms with Gasteiger partial charge in [0, 0.05) is 38.2 Å². The summed E-state index contributed by atoms with van der Waals surface area (Å²) in [6, 6.07) is 9.52. The first-order valence-corrected chi connectivity index (χ1v) is 8.90. The van der Waals surface area contributed by atoms with Crippen LogP contribution in [-0.2, 0) is 14.3 Å². The zero-order valence-corrected chi connectivity index (χ0v) is 15.8. The van der Waals surface area contributed by atoms with Crippen molar-refractivity contribution in [3.8, 4) is 5.75 Å². The number of likely N-dealkylation sites (tertiary alicyclic amines) is 1. The van der Waals surface area contributed by atoms with Crippen molar-refractivity contribution in [2.24, 2.45) is 0 Å². The molecule has 2 aromatic rings. The van der Waals surface area contributed by atoms with Crippen molar-refractivity contribution in [1.82, 2.24) is 9.88 Å². The van der Waals surface area contributed by atoms with E-state index in [1.54, 1.807) is 55.9 Å². The molecule has 1 aromatic carbocycles. The number of hydrogen-bond acceptors (Lipinski definition) is 6. The van der Waals surface area contributed by atoms with Gasteiger partial charge in [0.25, 0.3) is 11.7 Å². The van der Waals surface area contributed by atoms with E-state index in [4.69, 9.17) is 9.47 Å². The number of Topliss-reactive ketones (excluding diaryl/α,β-unsaturated/α-hetero) is 1. The fraction of sp³-hybridized carbons (Fsp3) is 0.286. The van der Waals surface area contributed by atoms with E-state index in [2.05, 4.69) is 4.98 Å². The van der Waals surface area contributed by atoms with Crippen molar-refractivity contribution in [3.05, 3.63) is 65.5 Å². The number of rotatable bonds is 7. The molecule has 7 heteroatoms. The van der Waals surface area contributed by atoms with Gasteiger partial charge in [0.15, 0.2) is 0 Å². The first-order valence-electron chi connectivity index (χ1n) is 8.90. The van der Waals surface area contributed by atoms with Crippen LogP contribution < -0.4 is 4.74 Å². The van der Waals surface area contributed by atoms with E-state index >= 15 is 0 Å². The molecule has 1 amide bonds. The van der Waals surface area contributed by atoms with Crippen molar-refractivity contribution in [1.29, 1.82) is 0 Å². The van der Waals surface area contributed by atoms with Gasteiger partial charge >= 0.3 is 0 Å². The van der Waals surface area contributed by atoms with Crippen molar-refractivity contribution in [2.75, 3.05) is 27.4 Å². The SMILES string of the molecule is COCCCN1C(=O)C(=O)/C(=C(/O)c2cccc(OC)c2)C1c1ccncc1. The molecule has 0 radical (unpaired) electrons. The van der Waals surface area contributed by atoms with Gasteiger partial charge in [-0.3, -0.25) is 14.6 Å². The number of nitrogens with zero attached hydrogens (tertiary/aromatic N) is 2. The molecule has 0 spiro atoms. The van der Waals surface area contributed by atoms with E-state index < -0.39 is 17.7 Å². The Balaban J connectivity index is 2.10. The monoisotopic (exact) mass is 382 g/mol. The third kappa shape index (κ3) is 3.75. The number of aliphatic hydroxyl groups excluding tert-OH is 1. The van der Waals surface area contributed by atoms with Crippen molar-refractivity contribution in [2.45, 2.75) is 12.5 Å². The van der Waals surface area contributed by atoms with E-state index in [0.717, 1.165) is 0 Å². The van der Waals surface area contributed by atoms with Gasteiger partial charge < -0.3 is 19.5 Å². The van der Waals surface area contributed by atoms with Crippen LogP contribution in [0, 0.1) is 0 Å². The number of ether oxygens (including phenoxy) is 2. The molecular weight excluding hydrogens is 360 g/mol. The predicted octanol–water partition coefficient (Wildman–Crippen LogP) is 2.55. The normalized spacial score (nSPS) is 18.5. The highest BCUT2D eigenvalue weighted by Gasteiger charge is 2.45. The van der Waals surface area contributed by atoms with Gasteiger partial charge in [0.1, 0.15) is 11.5 Å². The van der Waals surface area contributed by atoms with Gasteiger partial charge in [-0.05, 0) is 36.2 Å². The van der Waals surface area contributed by atoms with E-state index in [0.29, 0.717) is 36.4 Å². The van der Waals surface area contributed by atoms with Gasteiger partial charge in [0.05, 0.1) is 18.7 Å². The minimum absolute atomic E-state index is 0.0573. The largest absolute Gasteiger partial charge is 0.507 e. The number of amides is 1. The topological polar surface area (TPSA) is 89.0 Å². The Labute approximate surface area is 163 Å². The van der Waals surface area contributed by atoms with Crippen molar-refractivity contribution < 1.29 is 24.2 Å². The Morgan fingerprint density at radius 2 is 1.93 bits per heavy atom. The molecule has 1 aliphatic rings. The summed E-state index contributed by atoms with van der Waals surface area (Å²) in [5.41, 5.74) is 1.17. The minimum Gasteiger partial charge on any atom is -0.507 e. The number of hydrogen-bond donors (Lipinski definition) is 1. The quantitative estimate of drug-likeness (QED) is 0.343. The summed E-state index contributed by atoms with van der Waals surface area (Å²) >= 11 is 0. The number of carbonyl (C=O) groups is 2. The van der Waals surface area contributed by atoms with Gasteiger partial charge in [-0.2, -0.15) is 0 Å². The lowest BCUT2D eigenvalue weighted by Gasteiger charge is -2.25. The predicted molar refractivity (Wildman–Crippen MR) is 103 cm³/mol. The Kier molecular flexibility index (Phi) is 6.06. The Morgan fingerprint density at radius 1 is 1.18 bits per heavy atom. The van der Waals surface area contributed by atoms with E-state index in [-0.39, 0.29) is 11.3 Å². The lowest BCUT2D eigenvalue weighted by Crippen LogP contribution is -2.31. The van der Waals surface area contributed by atoms with Gasteiger partial charge in [0.2, 0.25) is 0 Å². The second-order valence-electron chi connectivity index (χ2n) is 6.35. The van der Waals surface area contributed by atoms with Gasteiger partial charge in [-0.15, -0.1) is 0 Å². The van der Waals surface area contributed by atoms with Gasteiger partial charge in [-0.25, -0.2) is 0 Å². The standard InChI is InChI=1S/C21H22N2O5/c1-27-12-4-11-23-18(14-7-9-22-10-8-14)17(20(25)21(23)26)19(24)15-5-3-6-16(13-15)28-2/h3,5-10,13,18,24H,4,11-12H2,1-2H3/b19-17+. The highest BCUT2D eigenvalue weighted by atomic mass is 16.5. The molecule has 0 saturated carbocycles. The summed E-state index contributed by atoms with van der Waals surface area (Å²) in [6.07, 6.45) is 3.76. The smallest absolute Gasteiger partial charge is 0.295 e. The molecule has 1 aromatic heterocycles. The first-order chi connectivity index (χ1) is 13.6. The number of aromatic nitrogens is 1. The molecule has 2 heterocycles. The van der Waals surface area contributed by atoms with Crippen LogP contribution >= 0.6 is 0 Å². The second-order valence-corrected chi connectivity index (χ2v) is 6.35. The van der Waals surface area contributed by atoms with Crippen LogP contribution in [0.5, 0.6) is 5.75 Å². The van der Waals surface area contributed by atoms with E-state index in [1.165, 1.54) is 12.0 Å². The summed E-state index contributed by atoms with van der Waals surface area (Å²) in [5.74, 6) is -1.03. The molecule has 1 N–H and O–H groups in total. The average Bonchev–Trinajstić information content (AvgIpc) is 2.99. The van der Waals surface area contributed by atoms with E-state index in [1.807, 2.05) is 0 Å². The van der Waals surface area contributed by atoms with Crippen molar-refractivity contribution in [3.63, 3.8) is 0 Å². The fourth-order valence-corrected chi connectivity index (χ4v) is 3.31. The molecule has 1 unspecified atom stereocenters. The minimum atomic E-state index is -0.709. The average molecular weight is 382 g/mol. The van der Waals surface area contributed by atoms with Crippen LogP contribution in [0.25, 0.3) is 5.76 Å². The Hall–Kier alpha value is -3.19. The lowest BCUT2D eigenvalue weighted by atomic mass is 9.96. The number of aliphatic hydroxyl groups is 1. The number of carbonyl (C=O) groups excluding carboxylic acids is 2. The summed E-state index contributed by atoms with van der Waals surface area (Å²) in [5, 5.41) is 10.9. The Morgan fingerprint density at radius 3 is 2.61 bits per heavy atom. The van der Waals surface area contributed by atoms with Crippen LogP contribution in [0.3, 0.4) is 0 Å². The molecule has 1 fully saturated rings. The van der Waals surface area contributed by atoms with Crippen molar-refractivity contribution >= 4 is 17.4 Å². The summed E-state index contributed by atoms with van der Waals surface area (Å²) in [7, 11) is 3.10. The maximum absolute atomic E-state index is 12.8. The molecular formula is C21H22N2O5. The van der Waals surface area contributed by atoms with Crippen LogP contribution in [0.15, 0.2) is 54.4 Å². The van der Waals surface area contributed by atoms with Crippen LogP contribution in [0.2, 0.25) is 0 Å². The molecule has 1 aliphatic heterocycles. The second kappa shape index (κ2) is 8.67. The van der Waals surface area contributed by atoms with Crippen LogP contribution in [0.1, 0.15) is 23.6 Å². The molecule has 0 aliphatic carbocycles. The van der Waals surface area contributed by atoms with Crippen LogP contribution in [0.4, 0.5) is 0 Å². The van der Waals surface area contributed by atoms with Crippen LogP contribution in [-0.4, -0.2) is 54.1 Å². The van der Waals surface area contributed by atoms with Gasteiger partial charge in [-0.1, -0.05) is 12.1 Å². The molecule has 7 nitrogen and oxygen atoms in total. The molecule has 28 heavy (non-hydrogen) atoms. The maximum atomic E-state index is 12.8. The molecule has 146 valence electrons. The summed E-state index contributed by atoms with van der Waals surface area (Å²) in [6.45, 7) is 0.794. The number of benzene rings is 1. The molecule has 3 rings (SSSR count). The third-order valence-electron chi connectivity index (χ3n) is 4.65. The third-order valence-corrected chi connectivity index (χ3v) is 4.65. The number of pyridine rings is 1. The molecule has 1 atom stereocenters. The summed E-state index contributed by atoms with van der Waals surface area (Å²) < 4.78 is 10.3. The highest BCUT2D eigenvalue weighted by molar-refractivity contribution is 6.46. The fourth-order valence-electron chi connectivity index (χ4n) is 3.31. The zero-order chi connectivity index (χ0) is 20.1. The molecule has 1 saturated heterocycles. The summed E-state index contributed by atoms with van der Waals surface area (Å²) in [4.78, 5) is 31.0. The number of methoxy groups -OCH3 is 2. The zero-order valence-electron chi connectivity index (χ0n) is 15.8. The van der Waals surface area contributed by atoms with E-state index in [9.17, 15) is 14.7 Å². The number of ketones is 1. The Bertz CT molecular complexity index is 895.